The van der Waals surface area contributed by atoms with Crippen LogP contribution in [0.2, 0.25) is 0 Å². The molecule has 20 heavy (non-hydrogen) atoms. The van der Waals surface area contributed by atoms with Gasteiger partial charge in [-0.3, -0.25) is 9.59 Å². The van der Waals surface area contributed by atoms with E-state index in [1.165, 1.54) is 0 Å². The van der Waals surface area contributed by atoms with Crippen molar-refractivity contribution in [2.24, 2.45) is 0 Å². The molecular weight excluding hydrogens is 272 g/mol. The van der Waals surface area contributed by atoms with Gasteiger partial charge in [0.15, 0.2) is 0 Å². The number of carbonyl (C=O) groups excluding carboxylic acids is 2. The number of hydrogen-bond donors (Lipinski definition) is 1. The van der Waals surface area contributed by atoms with Gasteiger partial charge in [0, 0.05) is 23.9 Å². The van der Waals surface area contributed by atoms with Crippen LogP contribution >= 0.6 is 11.8 Å². The zero-order valence-electron chi connectivity index (χ0n) is 11.9. The first-order valence-electron chi connectivity index (χ1n) is 6.93. The molecule has 2 amide bonds. The molecule has 1 unspecified atom stereocenters. The molecule has 108 valence electrons. The minimum atomic E-state index is 0.00265. The van der Waals surface area contributed by atoms with Crippen molar-refractivity contribution in [1.82, 2.24) is 5.32 Å². The van der Waals surface area contributed by atoms with Crippen LogP contribution in [0.1, 0.15) is 26.7 Å². The van der Waals surface area contributed by atoms with Crippen molar-refractivity contribution >= 4 is 29.3 Å². The first-order valence-corrected chi connectivity index (χ1v) is 7.92. The molecule has 0 bridgehead atoms. The Kier molecular flexibility index (Phi) is 5.06. The highest BCUT2D eigenvalue weighted by Gasteiger charge is 2.24. The molecule has 1 aliphatic rings. The van der Waals surface area contributed by atoms with Crippen LogP contribution in [-0.2, 0) is 9.59 Å². The molecule has 0 saturated heterocycles. The summed E-state index contributed by atoms with van der Waals surface area (Å²) in [5.74, 6) is 0.525. The third-order valence-electron chi connectivity index (χ3n) is 3.39. The standard InChI is InChI=1S/C15H20N2O2S/c1-3-11(2)16-14(18)8-9-17-12-6-4-5-7-13(12)20-10-15(17)19/h4-7,11H,3,8-10H2,1-2H3,(H,16,18). The van der Waals surface area contributed by atoms with Crippen molar-refractivity contribution in [3.63, 3.8) is 0 Å². The van der Waals surface area contributed by atoms with Gasteiger partial charge in [0.25, 0.3) is 0 Å². The summed E-state index contributed by atoms with van der Waals surface area (Å²) in [6.45, 7) is 4.46. The van der Waals surface area contributed by atoms with Gasteiger partial charge >= 0.3 is 0 Å². The van der Waals surface area contributed by atoms with E-state index in [0.29, 0.717) is 18.7 Å². The Labute approximate surface area is 123 Å². The van der Waals surface area contributed by atoms with Crippen LogP contribution in [0.5, 0.6) is 0 Å². The predicted molar refractivity (Wildman–Crippen MR) is 82.0 cm³/mol. The Balaban J connectivity index is 1.99. The summed E-state index contributed by atoms with van der Waals surface area (Å²) in [6, 6.07) is 8.02. The van der Waals surface area contributed by atoms with E-state index in [0.717, 1.165) is 17.0 Å². The molecule has 0 radical (unpaired) electrons. The smallest absolute Gasteiger partial charge is 0.237 e. The maximum absolute atomic E-state index is 12.0. The maximum atomic E-state index is 12.0. The number of thioether (sulfide) groups is 1. The lowest BCUT2D eigenvalue weighted by molar-refractivity contribution is -0.121. The molecule has 0 fully saturated rings. The number of benzene rings is 1. The van der Waals surface area contributed by atoms with Crippen LogP contribution in [0.15, 0.2) is 29.2 Å². The molecule has 1 N–H and O–H groups in total. The van der Waals surface area contributed by atoms with E-state index in [1.54, 1.807) is 16.7 Å². The highest BCUT2D eigenvalue weighted by molar-refractivity contribution is 8.00. The fourth-order valence-electron chi connectivity index (χ4n) is 2.06. The quantitative estimate of drug-likeness (QED) is 0.907. The third-order valence-corrected chi connectivity index (χ3v) is 4.44. The molecule has 0 saturated carbocycles. The number of nitrogens with zero attached hydrogens (tertiary/aromatic N) is 1. The van der Waals surface area contributed by atoms with Crippen molar-refractivity contribution in [3.8, 4) is 0 Å². The molecule has 2 rings (SSSR count). The van der Waals surface area contributed by atoms with Gasteiger partial charge in [-0.2, -0.15) is 0 Å². The highest BCUT2D eigenvalue weighted by atomic mass is 32.2. The first-order chi connectivity index (χ1) is 9.61. The van der Waals surface area contributed by atoms with E-state index in [9.17, 15) is 9.59 Å². The number of amides is 2. The molecule has 1 heterocycles. The summed E-state index contributed by atoms with van der Waals surface area (Å²) in [4.78, 5) is 26.7. The largest absolute Gasteiger partial charge is 0.354 e. The first kappa shape index (κ1) is 14.9. The van der Waals surface area contributed by atoms with E-state index < -0.39 is 0 Å². The molecule has 1 aliphatic heterocycles. The highest BCUT2D eigenvalue weighted by Crippen LogP contribution is 2.34. The Bertz CT molecular complexity index is 504. The Morgan fingerprint density at radius 3 is 2.95 bits per heavy atom. The molecule has 1 atom stereocenters. The van der Waals surface area contributed by atoms with E-state index in [1.807, 2.05) is 38.1 Å². The number of hydrogen-bond acceptors (Lipinski definition) is 3. The summed E-state index contributed by atoms with van der Waals surface area (Å²) in [5, 5.41) is 2.93. The summed E-state index contributed by atoms with van der Waals surface area (Å²) < 4.78 is 0. The number of rotatable bonds is 5. The fraction of sp³-hybridized carbons (Fsp3) is 0.467. The molecule has 0 aromatic heterocycles. The summed E-state index contributed by atoms with van der Waals surface area (Å²) in [6.07, 6.45) is 1.25. The molecule has 5 heteroatoms. The topological polar surface area (TPSA) is 49.4 Å². The van der Waals surface area contributed by atoms with Gasteiger partial charge < -0.3 is 10.2 Å². The average molecular weight is 292 g/mol. The summed E-state index contributed by atoms with van der Waals surface area (Å²) in [5.41, 5.74) is 0.921. The van der Waals surface area contributed by atoms with Gasteiger partial charge in [0.1, 0.15) is 0 Å². The van der Waals surface area contributed by atoms with Crippen LogP contribution in [0.4, 0.5) is 5.69 Å². The van der Waals surface area contributed by atoms with E-state index >= 15 is 0 Å². The van der Waals surface area contributed by atoms with Crippen LogP contribution < -0.4 is 10.2 Å². The number of carbonyl (C=O) groups is 2. The lowest BCUT2D eigenvalue weighted by Crippen LogP contribution is -2.39. The van der Waals surface area contributed by atoms with Crippen LogP contribution in [-0.4, -0.2) is 30.2 Å². The van der Waals surface area contributed by atoms with Crippen LogP contribution in [0.3, 0.4) is 0 Å². The van der Waals surface area contributed by atoms with Crippen LogP contribution in [0, 0.1) is 0 Å². The van der Waals surface area contributed by atoms with Gasteiger partial charge in [-0.1, -0.05) is 19.1 Å². The van der Waals surface area contributed by atoms with Gasteiger partial charge in [-0.05, 0) is 25.5 Å². The third kappa shape index (κ3) is 3.54. The Morgan fingerprint density at radius 1 is 1.45 bits per heavy atom. The molecule has 1 aromatic carbocycles. The van der Waals surface area contributed by atoms with Gasteiger partial charge in [0.05, 0.1) is 11.4 Å². The van der Waals surface area contributed by atoms with Crippen molar-refractivity contribution in [1.29, 1.82) is 0 Å². The second-order valence-corrected chi connectivity index (χ2v) is 5.95. The number of fused-ring (bicyclic) bond motifs is 1. The molecule has 4 nitrogen and oxygen atoms in total. The Morgan fingerprint density at radius 2 is 2.20 bits per heavy atom. The number of nitrogens with one attached hydrogen (secondary N) is 1. The molecular formula is C15H20N2O2S. The zero-order chi connectivity index (χ0) is 14.5. The van der Waals surface area contributed by atoms with Crippen molar-refractivity contribution in [3.05, 3.63) is 24.3 Å². The average Bonchev–Trinajstić information content (AvgIpc) is 2.46. The zero-order valence-corrected chi connectivity index (χ0v) is 12.7. The van der Waals surface area contributed by atoms with Crippen LogP contribution in [0.25, 0.3) is 0 Å². The lowest BCUT2D eigenvalue weighted by Gasteiger charge is -2.28. The predicted octanol–water partition coefficient (Wildman–Crippen LogP) is 2.43. The second-order valence-electron chi connectivity index (χ2n) is 4.93. The number of para-hydroxylation sites is 1. The molecule has 0 spiro atoms. The van der Waals surface area contributed by atoms with E-state index in [-0.39, 0.29) is 17.9 Å². The normalized spacial score (nSPS) is 15.7. The van der Waals surface area contributed by atoms with Crippen molar-refractivity contribution in [2.45, 2.75) is 37.6 Å². The minimum Gasteiger partial charge on any atom is -0.354 e. The summed E-state index contributed by atoms with van der Waals surface area (Å²) >= 11 is 1.56. The second kappa shape index (κ2) is 6.79. The SMILES string of the molecule is CCC(C)NC(=O)CCN1C(=O)CSc2ccccc21. The monoisotopic (exact) mass is 292 g/mol. The van der Waals surface area contributed by atoms with Gasteiger partial charge in [0.2, 0.25) is 11.8 Å². The maximum Gasteiger partial charge on any atom is 0.237 e. The van der Waals surface area contributed by atoms with E-state index in [4.69, 9.17) is 0 Å². The fourth-order valence-corrected chi connectivity index (χ4v) is 3.00. The molecule has 1 aromatic rings. The minimum absolute atomic E-state index is 0.00265. The van der Waals surface area contributed by atoms with Crippen molar-refractivity contribution < 1.29 is 9.59 Å². The van der Waals surface area contributed by atoms with E-state index in [2.05, 4.69) is 5.32 Å². The van der Waals surface area contributed by atoms with Crippen molar-refractivity contribution in [2.75, 3.05) is 17.2 Å². The lowest BCUT2D eigenvalue weighted by atomic mass is 10.2. The summed E-state index contributed by atoms with van der Waals surface area (Å²) in [7, 11) is 0. The Hall–Kier alpha value is -1.49. The molecule has 0 aliphatic carbocycles. The number of anilines is 1. The van der Waals surface area contributed by atoms with Gasteiger partial charge in [-0.25, -0.2) is 0 Å². The van der Waals surface area contributed by atoms with Gasteiger partial charge in [-0.15, -0.1) is 11.8 Å².